The van der Waals surface area contributed by atoms with E-state index in [9.17, 15) is 0 Å². The lowest BCUT2D eigenvalue weighted by molar-refractivity contribution is 0.584. The summed E-state index contributed by atoms with van der Waals surface area (Å²) < 4.78 is 1.17. The molecule has 1 nitrogen and oxygen atoms in total. The molecule has 1 aromatic carbocycles. The molecule has 0 aliphatic carbocycles. The molecule has 0 fully saturated rings. The van der Waals surface area contributed by atoms with Crippen LogP contribution in [-0.2, 0) is 6.54 Å². The highest BCUT2D eigenvalue weighted by Crippen LogP contribution is 2.27. The van der Waals surface area contributed by atoms with Gasteiger partial charge in [-0.1, -0.05) is 55.6 Å². The molecule has 1 rings (SSSR count). The van der Waals surface area contributed by atoms with Crippen LogP contribution in [0.4, 0.5) is 0 Å². The van der Waals surface area contributed by atoms with Gasteiger partial charge < -0.3 is 5.32 Å². The summed E-state index contributed by atoms with van der Waals surface area (Å²) in [5, 5.41) is 3.49. The zero-order valence-corrected chi connectivity index (χ0v) is 14.0. The molecule has 102 valence electrons. The van der Waals surface area contributed by atoms with Crippen LogP contribution in [-0.4, -0.2) is 11.8 Å². The van der Waals surface area contributed by atoms with E-state index in [1.165, 1.54) is 39.9 Å². The fourth-order valence-electron chi connectivity index (χ4n) is 1.66. The Bertz CT molecular complexity index is 352. The first-order valence-corrected chi connectivity index (χ1v) is 8.56. The molecular formula is C15H24BrNS. The van der Waals surface area contributed by atoms with Crippen molar-refractivity contribution >= 4 is 27.7 Å². The molecule has 1 N–H and O–H groups in total. The molecule has 3 heteroatoms. The van der Waals surface area contributed by atoms with Gasteiger partial charge in [0.2, 0.25) is 0 Å². The number of unbranched alkanes of at least 4 members (excludes halogenated alkanes) is 2. The van der Waals surface area contributed by atoms with Crippen LogP contribution in [0, 0.1) is 0 Å². The monoisotopic (exact) mass is 329 g/mol. The molecule has 18 heavy (non-hydrogen) atoms. The molecule has 0 spiro atoms. The third-order valence-electron chi connectivity index (χ3n) is 2.74. The first-order valence-electron chi connectivity index (χ1n) is 6.78. The van der Waals surface area contributed by atoms with Crippen molar-refractivity contribution in [1.82, 2.24) is 5.32 Å². The van der Waals surface area contributed by atoms with E-state index < -0.39 is 0 Å². The van der Waals surface area contributed by atoms with Gasteiger partial charge in [0.05, 0.1) is 0 Å². The number of benzene rings is 1. The summed E-state index contributed by atoms with van der Waals surface area (Å²) in [6.45, 7) is 7.59. The van der Waals surface area contributed by atoms with Gasteiger partial charge in [0, 0.05) is 22.0 Å². The summed E-state index contributed by atoms with van der Waals surface area (Å²) in [6, 6.07) is 7.13. The Morgan fingerprint density at radius 3 is 2.72 bits per heavy atom. The second-order valence-corrected chi connectivity index (χ2v) is 6.90. The maximum absolute atomic E-state index is 3.57. The van der Waals surface area contributed by atoms with Gasteiger partial charge >= 0.3 is 0 Å². The molecular weight excluding hydrogens is 306 g/mol. The van der Waals surface area contributed by atoms with Crippen molar-refractivity contribution in [2.24, 2.45) is 0 Å². The fourth-order valence-corrected chi connectivity index (χ4v) is 3.27. The summed E-state index contributed by atoms with van der Waals surface area (Å²) in [6.07, 6.45) is 3.94. The highest BCUT2D eigenvalue weighted by Gasteiger charge is 2.05. The lowest BCUT2D eigenvalue weighted by Crippen LogP contribution is -2.22. The Labute approximate surface area is 124 Å². The third kappa shape index (κ3) is 6.26. The molecule has 0 radical (unpaired) electrons. The Morgan fingerprint density at radius 1 is 1.28 bits per heavy atom. The molecule has 0 saturated carbocycles. The predicted octanol–water partition coefficient (Wildman–Crippen LogP) is 5.23. The van der Waals surface area contributed by atoms with Crippen LogP contribution in [0.15, 0.2) is 27.6 Å². The Balaban J connectivity index is 2.58. The van der Waals surface area contributed by atoms with E-state index in [-0.39, 0.29) is 0 Å². The molecule has 0 unspecified atom stereocenters. The van der Waals surface area contributed by atoms with Gasteiger partial charge in [-0.25, -0.2) is 0 Å². The molecule has 0 atom stereocenters. The van der Waals surface area contributed by atoms with E-state index in [4.69, 9.17) is 0 Å². The largest absolute Gasteiger partial charge is 0.310 e. The summed E-state index contributed by atoms with van der Waals surface area (Å²) in [5.74, 6) is 1.22. The van der Waals surface area contributed by atoms with Crippen molar-refractivity contribution < 1.29 is 0 Å². The van der Waals surface area contributed by atoms with Crippen LogP contribution in [0.25, 0.3) is 0 Å². The zero-order valence-electron chi connectivity index (χ0n) is 11.6. The van der Waals surface area contributed by atoms with Crippen molar-refractivity contribution in [2.75, 3.05) is 5.75 Å². The van der Waals surface area contributed by atoms with Gasteiger partial charge in [-0.3, -0.25) is 0 Å². The van der Waals surface area contributed by atoms with Crippen LogP contribution in [0.2, 0.25) is 0 Å². The second-order valence-electron chi connectivity index (χ2n) is 4.84. The SMILES string of the molecule is CCCCCSc1cc(Br)ccc1CNC(C)C. The van der Waals surface area contributed by atoms with E-state index in [0.717, 1.165) is 6.54 Å². The first-order chi connectivity index (χ1) is 8.63. The molecule has 0 heterocycles. The maximum atomic E-state index is 3.57. The maximum Gasteiger partial charge on any atom is 0.0218 e. The van der Waals surface area contributed by atoms with Gasteiger partial charge in [-0.2, -0.15) is 0 Å². The van der Waals surface area contributed by atoms with Crippen LogP contribution in [0.5, 0.6) is 0 Å². The molecule has 0 aromatic heterocycles. The van der Waals surface area contributed by atoms with Crippen LogP contribution in [0.3, 0.4) is 0 Å². The zero-order chi connectivity index (χ0) is 13.4. The number of hydrogen-bond donors (Lipinski definition) is 1. The highest BCUT2D eigenvalue weighted by atomic mass is 79.9. The van der Waals surface area contributed by atoms with E-state index in [2.05, 4.69) is 60.2 Å². The van der Waals surface area contributed by atoms with Gasteiger partial charge in [0.1, 0.15) is 0 Å². The van der Waals surface area contributed by atoms with Crippen molar-refractivity contribution in [3.8, 4) is 0 Å². The fraction of sp³-hybridized carbons (Fsp3) is 0.600. The molecule has 0 saturated heterocycles. The third-order valence-corrected chi connectivity index (χ3v) is 4.41. The van der Waals surface area contributed by atoms with Gasteiger partial charge in [0.15, 0.2) is 0 Å². The Morgan fingerprint density at radius 2 is 2.06 bits per heavy atom. The standard InChI is InChI=1S/C15H24BrNS/c1-4-5-6-9-18-15-10-14(16)8-7-13(15)11-17-12(2)3/h7-8,10,12,17H,4-6,9,11H2,1-3H3. The number of rotatable bonds is 8. The van der Waals surface area contributed by atoms with Crippen molar-refractivity contribution in [2.45, 2.75) is 57.5 Å². The van der Waals surface area contributed by atoms with Crippen LogP contribution in [0.1, 0.15) is 45.6 Å². The van der Waals surface area contributed by atoms with E-state index in [1.807, 2.05) is 11.8 Å². The molecule has 0 amide bonds. The molecule has 0 aliphatic heterocycles. The van der Waals surface area contributed by atoms with Crippen molar-refractivity contribution in [1.29, 1.82) is 0 Å². The quantitative estimate of drug-likeness (QED) is 0.517. The topological polar surface area (TPSA) is 12.0 Å². The van der Waals surface area contributed by atoms with Crippen LogP contribution < -0.4 is 5.32 Å². The average molecular weight is 330 g/mol. The van der Waals surface area contributed by atoms with E-state index >= 15 is 0 Å². The molecule has 0 bridgehead atoms. The van der Waals surface area contributed by atoms with E-state index in [1.54, 1.807) is 0 Å². The smallest absolute Gasteiger partial charge is 0.0218 e. The van der Waals surface area contributed by atoms with Gasteiger partial charge in [0.25, 0.3) is 0 Å². The number of halogens is 1. The minimum Gasteiger partial charge on any atom is -0.310 e. The van der Waals surface area contributed by atoms with Gasteiger partial charge in [-0.15, -0.1) is 11.8 Å². The minimum absolute atomic E-state index is 0.534. The Hall–Kier alpha value is 0.01000. The molecule has 1 aromatic rings. The highest BCUT2D eigenvalue weighted by molar-refractivity contribution is 9.10. The number of nitrogens with one attached hydrogen (secondary N) is 1. The summed E-state index contributed by atoms with van der Waals surface area (Å²) in [7, 11) is 0. The molecule has 0 aliphatic rings. The normalized spacial score (nSPS) is 11.2. The number of hydrogen-bond acceptors (Lipinski definition) is 2. The first kappa shape index (κ1) is 16.1. The second kappa shape index (κ2) is 9.00. The Kier molecular flexibility index (Phi) is 8.03. The summed E-state index contributed by atoms with van der Waals surface area (Å²) in [5.41, 5.74) is 1.41. The minimum atomic E-state index is 0.534. The van der Waals surface area contributed by atoms with Crippen molar-refractivity contribution in [3.63, 3.8) is 0 Å². The predicted molar refractivity (Wildman–Crippen MR) is 86.4 cm³/mol. The summed E-state index contributed by atoms with van der Waals surface area (Å²) >= 11 is 5.55. The van der Waals surface area contributed by atoms with E-state index in [0.29, 0.717) is 6.04 Å². The van der Waals surface area contributed by atoms with Gasteiger partial charge in [-0.05, 0) is 29.9 Å². The number of thioether (sulfide) groups is 1. The lowest BCUT2D eigenvalue weighted by Gasteiger charge is -2.13. The summed E-state index contributed by atoms with van der Waals surface area (Å²) in [4.78, 5) is 1.41. The lowest BCUT2D eigenvalue weighted by atomic mass is 10.2. The van der Waals surface area contributed by atoms with Crippen LogP contribution >= 0.6 is 27.7 Å². The average Bonchev–Trinajstić information content (AvgIpc) is 2.33. The van der Waals surface area contributed by atoms with Crippen molar-refractivity contribution in [3.05, 3.63) is 28.2 Å².